The van der Waals surface area contributed by atoms with Crippen molar-refractivity contribution in [3.05, 3.63) is 48.6 Å². The van der Waals surface area contributed by atoms with Gasteiger partial charge in [0.2, 0.25) is 0 Å². The maximum absolute atomic E-state index is 3.65. The molecule has 0 saturated heterocycles. The molecule has 0 aromatic rings. The zero-order valence-corrected chi connectivity index (χ0v) is 4.57. The molecule has 0 radical (unpaired) electrons. The molecule has 38 valence electrons. The first-order valence-electron chi connectivity index (χ1n) is 2.36. The minimum absolute atomic E-state index is 0.845. The standard InChI is InChI=1S/C8H6/c1-7-4-3-5-8(2)6-7/h4-5H,1-2H2. The second kappa shape index (κ2) is 1.77. The highest BCUT2D eigenvalue weighted by Crippen LogP contribution is 2.04. The Bertz CT molecular complexity index is 198. The lowest BCUT2D eigenvalue weighted by molar-refractivity contribution is 1.55. The first kappa shape index (κ1) is 5.02. The van der Waals surface area contributed by atoms with Gasteiger partial charge in [-0.15, -0.1) is 5.73 Å². The van der Waals surface area contributed by atoms with Crippen molar-refractivity contribution < 1.29 is 0 Å². The predicted molar refractivity (Wildman–Crippen MR) is 33.9 cm³/mol. The molecule has 1 aliphatic rings. The van der Waals surface area contributed by atoms with E-state index in [1.807, 2.05) is 0 Å². The molecule has 0 fully saturated rings. The second-order valence-electron chi connectivity index (χ2n) is 1.63. The summed E-state index contributed by atoms with van der Waals surface area (Å²) < 4.78 is 0. The van der Waals surface area contributed by atoms with Gasteiger partial charge in [-0.05, 0) is 29.4 Å². The highest BCUT2D eigenvalue weighted by Gasteiger charge is 1.87. The second-order valence-corrected chi connectivity index (χ2v) is 1.63. The summed E-state index contributed by atoms with van der Waals surface area (Å²) in [7, 11) is 0. The number of allylic oxidation sites excluding steroid dienone is 4. The summed E-state index contributed by atoms with van der Waals surface area (Å²) in [6.45, 7) is 7.31. The maximum Gasteiger partial charge on any atom is -0.00263 e. The van der Waals surface area contributed by atoms with E-state index in [-0.39, 0.29) is 0 Å². The summed E-state index contributed by atoms with van der Waals surface area (Å²) in [5.41, 5.74) is 4.56. The van der Waals surface area contributed by atoms with E-state index in [2.05, 4.69) is 25.3 Å². The van der Waals surface area contributed by atoms with Crippen LogP contribution >= 0.6 is 0 Å². The fourth-order valence-electron chi connectivity index (χ4n) is 0.521. The van der Waals surface area contributed by atoms with Crippen molar-refractivity contribution in [3.8, 4) is 0 Å². The van der Waals surface area contributed by atoms with Gasteiger partial charge >= 0.3 is 0 Å². The summed E-state index contributed by atoms with van der Waals surface area (Å²) in [5, 5.41) is 0. The molecule has 0 bridgehead atoms. The fourth-order valence-corrected chi connectivity index (χ4v) is 0.521. The van der Waals surface area contributed by atoms with Crippen molar-refractivity contribution >= 4 is 0 Å². The van der Waals surface area contributed by atoms with Gasteiger partial charge in [0, 0.05) is 0 Å². The molecule has 0 amide bonds. The van der Waals surface area contributed by atoms with Crippen molar-refractivity contribution in [1.29, 1.82) is 0 Å². The Labute approximate surface area is 49.5 Å². The van der Waals surface area contributed by atoms with Gasteiger partial charge in [0.25, 0.3) is 0 Å². The Kier molecular flexibility index (Phi) is 1.11. The molecule has 1 rings (SSSR count). The van der Waals surface area contributed by atoms with Crippen molar-refractivity contribution in [1.82, 2.24) is 0 Å². The van der Waals surface area contributed by atoms with E-state index in [1.165, 1.54) is 0 Å². The van der Waals surface area contributed by atoms with E-state index in [0.717, 1.165) is 11.1 Å². The van der Waals surface area contributed by atoms with Gasteiger partial charge in [0.1, 0.15) is 0 Å². The fraction of sp³-hybridized carbons (Fsp3) is 0. The molecule has 0 aromatic heterocycles. The molecule has 0 saturated carbocycles. The molecule has 0 atom stereocenters. The van der Waals surface area contributed by atoms with Crippen molar-refractivity contribution in [3.63, 3.8) is 0 Å². The third-order valence-electron chi connectivity index (χ3n) is 0.836. The van der Waals surface area contributed by atoms with Crippen molar-refractivity contribution in [2.24, 2.45) is 0 Å². The largest absolute Gasteiger partial charge is 0.120 e. The summed E-state index contributed by atoms with van der Waals surface area (Å²) in [6, 6.07) is 0. The Morgan fingerprint density at radius 3 is 2.75 bits per heavy atom. The van der Waals surface area contributed by atoms with Crippen LogP contribution in [-0.2, 0) is 0 Å². The first-order chi connectivity index (χ1) is 3.79. The number of rotatable bonds is 0. The maximum atomic E-state index is 3.65. The van der Waals surface area contributed by atoms with E-state index in [4.69, 9.17) is 0 Å². The van der Waals surface area contributed by atoms with Crippen LogP contribution in [0.15, 0.2) is 35.6 Å². The van der Waals surface area contributed by atoms with Gasteiger partial charge in [-0.3, -0.25) is 0 Å². The van der Waals surface area contributed by atoms with Crippen LogP contribution in [0.2, 0.25) is 0 Å². The lowest BCUT2D eigenvalue weighted by Crippen LogP contribution is -1.76. The van der Waals surface area contributed by atoms with Gasteiger partial charge in [0.15, 0.2) is 0 Å². The Hall–Kier alpha value is -1.13. The quantitative estimate of drug-likeness (QED) is 0.323. The third kappa shape index (κ3) is 0.927. The normalized spacial score (nSPS) is 16.5. The molecule has 1 aliphatic carbocycles. The van der Waals surface area contributed by atoms with E-state index < -0.39 is 0 Å². The van der Waals surface area contributed by atoms with E-state index in [1.54, 1.807) is 12.2 Å². The molecule has 0 aliphatic heterocycles. The zero-order valence-electron chi connectivity index (χ0n) is 4.57. The van der Waals surface area contributed by atoms with Gasteiger partial charge in [-0.25, -0.2) is 0 Å². The van der Waals surface area contributed by atoms with Crippen LogP contribution < -0.4 is 0 Å². The average molecular weight is 102 g/mol. The number of hydrogen-bond donors (Lipinski definition) is 0. The van der Waals surface area contributed by atoms with Crippen LogP contribution in [-0.4, -0.2) is 0 Å². The van der Waals surface area contributed by atoms with E-state index in [0.29, 0.717) is 0 Å². The lowest BCUT2D eigenvalue weighted by Gasteiger charge is -1.92. The van der Waals surface area contributed by atoms with Crippen LogP contribution in [0.25, 0.3) is 0 Å². The van der Waals surface area contributed by atoms with Crippen LogP contribution in [0.4, 0.5) is 0 Å². The first-order valence-corrected chi connectivity index (χ1v) is 2.36. The zero-order chi connectivity index (χ0) is 5.98. The summed E-state index contributed by atoms with van der Waals surface area (Å²) in [4.78, 5) is 0. The van der Waals surface area contributed by atoms with Gasteiger partial charge < -0.3 is 0 Å². The molecule has 0 heteroatoms. The van der Waals surface area contributed by atoms with Crippen LogP contribution in [0.1, 0.15) is 0 Å². The minimum Gasteiger partial charge on any atom is -0.120 e. The monoisotopic (exact) mass is 102 g/mol. The molecule has 0 aromatic carbocycles. The van der Waals surface area contributed by atoms with Gasteiger partial charge in [-0.2, -0.15) is 0 Å². The van der Waals surface area contributed by atoms with Crippen LogP contribution in [0, 0.1) is 13.0 Å². The average Bonchev–Trinajstić information content (AvgIpc) is 1.64. The smallest absolute Gasteiger partial charge is 0.00263 e. The van der Waals surface area contributed by atoms with Crippen molar-refractivity contribution in [2.45, 2.75) is 0 Å². The summed E-state index contributed by atoms with van der Waals surface area (Å²) in [6.07, 6.45) is 6.46. The Morgan fingerprint density at radius 2 is 2.38 bits per heavy atom. The molecule has 0 nitrogen and oxygen atoms in total. The van der Waals surface area contributed by atoms with Gasteiger partial charge in [-0.1, -0.05) is 13.5 Å². The molecular weight excluding hydrogens is 96.1 g/mol. The lowest BCUT2D eigenvalue weighted by atomic mass is 10.1. The topological polar surface area (TPSA) is 0 Å². The van der Waals surface area contributed by atoms with Gasteiger partial charge in [0.05, 0.1) is 0 Å². The molecule has 0 heterocycles. The minimum atomic E-state index is 0.845. The molecule has 0 N–H and O–H groups in total. The Morgan fingerprint density at radius 1 is 1.62 bits per heavy atom. The molecular formula is C8H6. The highest BCUT2D eigenvalue weighted by atomic mass is 13.9. The molecule has 8 heavy (non-hydrogen) atoms. The highest BCUT2D eigenvalue weighted by molar-refractivity contribution is 5.36. The van der Waals surface area contributed by atoms with Crippen molar-refractivity contribution in [2.75, 3.05) is 0 Å². The van der Waals surface area contributed by atoms with E-state index >= 15 is 0 Å². The third-order valence-corrected chi connectivity index (χ3v) is 0.836. The summed E-state index contributed by atoms with van der Waals surface area (Å²) >= 11 is 0. The summed E-state index contributed by atoms with van der Waals surface area (Å²) in [5.74, 6) is 0. The van der Waals surface area contributed by atoms with Crippen LogP contribution in [0.3, 0.4) is 0 Å². The van der Waals surface area contributed by atoms with Crippen LogP contribution in [0.5, 0.6) is 0 Å². The SMILES string of the molecule is C=C1[C-]=C([CH2+])C=C=C1. The molecule has 0 spiro atoms. The predicted octanol–water partition coefficient (Wildman–Crippen LogP) is 1.83. The Balaban J connectivity index is 3.03. The van der Waals surface area contributed by atoms with E-state index in [9.17, 15) is 0 Å². The number of hydrogen-bond acceptors (Lipinski definition) is 0. The molecule has 0 unspecified atom stereocenters.